The van der Waals surface area contributed by atoms with Crippen LogP contribution in [0.4, 0.5) is 0 Å². The van der Waals surface area contributed by atoms with Crippen LogP contribution in [0.2, 0.25) is 0 Å². The number of aromatic nitrogens is 3. The molecule has 3 nitrogen and oxygen atoms in total. The first-order valence-corrected chi connectivity index (χ1v) is 7.46. The molecule has 2 heterocycles. The quantitative estimate of drug-likeness (QED) is 0.646. The maximum atomic E-state index is 4.18. The van der Waals surface area contributed by atoms with Crippen molar-refractivity contribution in [3.63, 3.8) is 0 Å². The highest BCUT2D eigenvalue weighted by Gasteiger charge is 2.08. The normalized spacial score (nSPS) is 10.8. The first kappa shape index (κ1) is 15.2. The average molecular weight is 282 g/mol. The van der Waals surface area contributed by atoms with Crippen molar-refractivity contribution in [3.8, 4) is 0 Å². The number of pyridine rings is 1. The van der Waals surface area contributed by atoms with Crippen LogP contribution in [0.25, 0.3) is 10.9 Å². The van der Waals surface area contributed by atoms with Crippen molar-refractivity contribution in [2.24, 2.45) is 0 Å². The van der Waals surface area contributed by atoms with Crippen molar-refractivity contribution in [3.05, 3.63) is 61.3 Å². The monoisotopic (exact) mass is 282 g/mol. The predicted octanol–water partition coefficient (Wildman–Crippen LogP) is 4.17. The number of nitrogens with zero attached hydrogens (tertiary/aromatic N) is 3. The van der Waals surface area contributed by atoms with E-state index in [1.807, 2.05) is 30.5 Å². The summed E-state index contributed by atoms with van der Waals surface area (Å²) in [5, 5.41) is 1.20. The maximum absolute atomic E-state index is 4.18. The molecule has 0 amide bonds. The highest BCUT2D eigenvalue weighted by Crippen LogP contribution is 2.07. The van der Waals surface area contributed by atoms with E-state index in [0.29, 0.717) is 12.1 Å². The molecule has 3 heteroatoms. The van der Waals surface area contributed by atoms with Crippen molar-refractivity contribution in [1.29, 1.82) is 0 Å². The molecular weight excluding hydrogens is 258 g/mol. The summed E-state index contributed by atoms with van der Waals surface area (Å²) in [7, 11) is 0. The molecule has 110 valence electrons. The number of hydrogen-bond acceptors (Lipinski definition) is 1. The van der Waals surface area contributed by atoms with Gasteiger partial charge in [0, 0.05) is 11.6 Å². The Morgan fingerprint density at radius 3 is 2.29 bits per heavy atom. The molecule has 2 aromatic heterocycles. The van der Waals surface area contributed by atoms with E-state index >= 15 is 0 Å². The van der Waals surface area contributed by atoms with Crippen LogP contribution < -0.4 is 4.57 Å². The second kappa shape index (κ2) is 7.02. The van der Waals surface area contributed by atoms with Gasteiger partial charge in [-0.25, -0.2) is 9.13 Å². The molecule has 0 saturated heterocycles. The summed E-state index contributed by atoms with van der Waals surface area (Å²) in [6.07, 6.45) is 8.19. The Balaban J connectivity index is 0.000000154. The van der Waals surface area contributed by atoms with Gasteiger partial charge in [-0.05, 0) is 39.8 Å². The highest BCUT2D eigenvalue weighted by molar-refractivity contribution is 5.77. The first-order chi connectivity index (χ1) is 10.1. The van der Waals surface area contributed by atoms with E-state index in [2.05, 4.69) is 72.7 Å². The lowest BCUT2D eigenvalue weighted by molar-refractivity contribution is -0.715. The molecule has 0 aliphatic rings. The summed E-state index contributed by atoms with van der Waals surface area (Å²) in [6.45, 7) is 8.74. The molecule has 0 aliphatic heterocycles. The van der Waals surface area contributed by atoms with Crippen LogP contribution >= 0.6 is 0 Å². The van der Waals surface area contributed by atoms with E-state index in [0.717, 1.165) is 5.52 Å². The van der Waals surface area contributed by atoms with E-state index in [9.17, 15) is 0 Å². The van der Waals surface area contributed by atoms with Gasteiger partial charge in [-0.2, -0.15) is 0 Å². The second-order valence-electron chi connectivity index (χ2n) is 5.69. The number of imidazole rings is 1. The minimum Gasteiger partial charge on any atom is -0.256 e. The van der Waals surface area contributed by atoms with Gasteiger partial charge in [0.15, 0.2) is 0 Å². The predicted molar refractivity (Wildman–Crippen MR) is 87.1 cm³/mol. The number of fused-ring (bicyclic) bond motifs is 1. The van der Waals surface area contributed by atoms with Crippen LogP contribution in [0.15, 0.2) is 61.3 Å². The second-order valence-corrected chi connectivity index (χ2v) is 5.69. The molecule has 0 N–H and O–H groups in total. The van der Waals surface area contributed by atoms with Gasteiger partial charge >= 0.3 is 0 Å². The third-order valence-corrected chi connectivity index (χ3v) is 3.38. The number of hydrogen-bond donors (Lipinski definition) is 0. The van der Waals surface area contributed by atoms with Gasteiger partial charge in [0.05, 0.1) is 17.6 Å². The molecule has 3 aromatic rings. The smallest absolute Gasteiger partial charge is 0.244 e. The molecule has 21 heavy (non-hydrogen) atoms. The number of benzene rings is 1. The number of rotatable bonds is 2. The van der Waals surface area contributed by atoms with Crippen molar-refractivity contribution in [1.82, 2.24) is 9.55 Å². The zero-order valence-corrected chi connectivity index (χ0v) is 13.3. The number of para-hydroxylation sites is 1. The van der Waals surface area contributed by atoms with Gasteiger partial charge in [0.1, 0.15) is 12.4 Å². The molecule has 0 spiro atoms. The lowest BCUT2D eigenvalue weighted by atomic mass is 10.2. The van der Waals surface area contributed by atoms with Gasteiger partial charge in [0.25, 0.3) is 0 Å². The molecule has 0 fully saturated rings. The molecule has 1 aromatic carbocycles. The van der Waals surface area contributed by atoms with Gasteiger partial charge in [0.2, 0.25) is 6.33 Å². The summed E-state index contributed by atoms with van der Waals surface area (Å²) in [5.74, 6) is 0. The summed E-state index contributed by atoms with van der Waals surface area (Å²) in [5.41, 5.74) is 1.06. The van der Waals surface area contributed by atoms with Crippen LogP contribution in [0, 0.1) is 0 Å². The molecule has 0 atom stereocenters. The van der Waals surface area contributed by atoms with E-state index in [1.165, 1.54) is 5.39 Å². The van der Waals surface area contributed by atoms with E-state index in [1.54, 1.807) is 0 Å². The van der Waals surface area contributed by atoms with Crippen LogP contribution in [-0.2, 0) is 0 Å². The fourth-order valence-electron chi connectivity index (χ4n) is 2.01. The van der Waals surface area contributed by atoms with Crippen LogP contribution in [0.3, 0.4) is 0 Å². The minimum absolute atomic E-state index is 0.565. The van der Waals surface area contributed by atoms with Crippen LogP contribution in [0.5, 0.6) is 0 Å². The van der Waals surface area contributed by atoms with E-state index in [4.69, 9.17) is 0 Å². The Bertz CT molecular complexity index is 596. The Hall–Kier alpha value is -2.16. The fraction of sp³-hybridized carbons (Fsp3) is 0.333. The van der Waals surface area contributed by atoms with Gasteiger partial charge in [-0.1, -0.05) is 24.3 Å². The summed E-state index contributed by atoms with van der Waals surface area (Å²) in [6, 6.07) is 13.2. The van der Waals surface area contributed by atoms with Crippen LogP contribution in [0.1, 0.15) is 39.8 Å². The zero-order chi connectivity index (χ0) is 15.2. The molecule has 0 unspecified atom stereocenters. The molecule has 3 rings (SSSR count). The zero-order valence-electron chi connectivity index (χ0n) is 13.3. The van der Waals surface area contributed by atoms with Crippen molar-refractivity contribution in [2.75, 3.05) is 0 Å². The summed E-state index contributed by atoms with van der Waals surface area (Å²) >= 11 is 0. The minimum atomic E-state index is 0.565. The van der Waals surface area contributed by atoms with Gasteiger partial charge < -0.3 is 0 Å². The average Bonchev–Trinajstić information content (AvgIpc) is 2.98. The standard InChI is InChI=1S/C9H17N2.C9H7N/c1-8(2)10-5-6-11(7-10)9(3)4;1-2-6-9-8(4-1)5-3-7-10-9/h5-9H,1-4H3;1-7H/q+1;. The largest absolute Gasteiger partial charge is 0.256 e. The molecule has 0 aliphatic carbocycles. The highest BCUT2D eigenvalue weighted by atomic mass is 15.1. The molecule has 0 radical (unpaired) electrons. The molecule has 0 saturated carbocycles. The van der Waals surface area contributed by atoms with E-state index < -0.39 is 0 Å². The maximum Gasteiger partial charge on any atom is 0.244 e. The SMILES string of the molecule is CC(C)n1cc[n+](C(C)C)c1.c1ccc2ncccc2c1. The summed E-state index contributed by atoms with van der Waals surface area (Å²) < 4.78 is 4.42. The fourth-order valence-corrected chi connectivity index (χ4v) is 2.01. The van der Waals surface area contributed by atoms with Gasteiger partial charge in [-0.3, -0.25) is 4.98 Å². The topological polar surface area (TPSA) is 21.7 Å². The van der Waals surface area contributed by atoms with Crippen molar-refractivity contribution in [2.45, 2.75) is 39.8 Å². The first-order valence-electron chi connectivity index (χ1n) is 7.46. The van der Waals surface area contributed by atoms with Crippen LogP contribution in [-0.4, -0.2) is 9.55 Å². The Labute approximate surface area is 126 Å². The van der Waals surface area contributed by atoms with E-state index in [-0.39, 0.29) is 0 Å². The lowest BCUT2D eigenvalue weighted by Gasteiger charge is -1.99. The third kappa shape index (κ3) is 4.15. The van der Waals surface area contributed by atoms with Gasteiger partial charge in [-0.15, -0.1) is 0 Å². The lowest BCUT2D eigenvalue weighted by Crippen LogP contribution is -2.33. The third-order valence-electron chi connectivity index (χ3n) is 3.38. The molecule has 0 bridgehead atoms. The Kier molecular flexibility index (Phi) is 5.09. The van der Waals surface area contributed by atoms with Crippen molar-refractivity contribution >= 4 is 10.9 Å². The molecular formula is C18H24N3+. The van der Waals surface area contributed by atoms with Crippen molar-refractivity contribution < 1.29 is 4.57 Å². The Morgan fingerprint density at radius 1 is 1.00 bits per heavy atom. The Morgan fingerprint density at radius 2 is 1.71 bits per heavy atom. The summed E-state index contributed by atoms with van der Waals surface area (Å²) in [4.78, 5) is 4.18.